The minimum Gasteiger partial charge on any atom is -0.478 e. The fraction of sp³-hybridized carbons (Fsp3) is 0.143. The Bertz CT molecular complexity index is 553. The Balaban J connectivity index is 2.17. The molecule has 4 heteroatoms. The van der Waals surface area contributed by atoms with Crippen LogP contribution in [0.3, 0.4) is 0 Å². The number of hydrogen-bond acceptors (Lipinski definition) is 3. The molecule has 1 aromatic carbocycles. The molecule has 0 fully saturated rings. The molecular formula is C14H14N2O2. The molecule has 4 nitrogen and oxygen atoms in total. The Morgan fingerprint density at radius 3 is 2.67 bits per heavy atom. The molecule has 18 heavy (non-hydrogen) atoms. The van der Waals surface area contributed by atoms with E-state index >= 15 is 0 Å². The normalized spacial score (nSPS) is 10.1. The van der Waals surface area contributed by atoms with Crippen LogP contribution < -0.4 is 5.32 Å². The van der Waals surface area contributed by atoms with E-state index in [1.54, 1.807) is 24.5 Å². The number of pyridine rings is 1. The zero-order chi connectivity index (χ0) is 13.0. The van der Waals surface area contributed by atoms with Gasteiger partial charge in [-0.05, 0) is 36.8 Å². The predicted molar refractivity (Wildman–Crippen MR) is 69.7 cm³/mol. The first-order valence-electron chi connectivity index (χ1n) is 5.63. The summed E-state index contributed by atoms with van der Waals surface area (Å²) in [6.45, 7) is 2.45. The van der Waals surface area contributed by atoms with Crippen molar-refractivity contribution < 1.29 is 9.90 Å². The highest BCUT2D eigenvalue weighted by atomic mass is 16.4. The molecule has 0 saturated heterocycles. The van der Waals surface area contributed by atoms with Gasteiger partial charge >= 0.3 is 5.97 Å². The monoisotopic (exact) mass is 242 g/mol. The quantitative estimate of drug-likeness (QED) is 0.865. The predicted octanol–water partition coefficient (Wildman–Crippen LogP) is 2.70. The Kier molecular flexibility index (Phi) is 3.57. The zero-order valence-electron chi connectivity index (χ0n) is 10.1. The molecule has 0 saturated carbocycles. The van der Waals surface area contributed by atoms with Crippen molar-refractivity contribution in [2.24, 2.45) is 0 Å². The van der Waals surface area contributed by atoms with Gasteiger partial charge in [0.2, 0.25) is 0 Å². The molecule has 1 heterocycles. The van der Waals surface area contributed by atoms with Gasteiger partial charge in [-0.25, -0.2) is 4.79 Å². The van der Waals surface area contributed by atoms with Gasteiger partial charge in [0.15, 0.2) is 0 Å². The van der Waals surface area contributed by atoms with Crippen molar-refractivity contribution in [3.8, 4) is 0 Å². The molecule has 0 unspecified atom stereocenters. The van der Waals surface area contributed by atoms with Gasteiger partial charge in [-0.15, -0.1) is 0 Å². The summed E-state index contributed by atoms with van der Waals surface area (Å²) < 4.78 is 0. The highest BCUT2D eigenvalue weighted by molar-refractivity contribution is 5.94. The number of carboxylic acids is 1. The maximum absolute atomic E-state index is 11.1. The summed E-state index contributed by atoms with van der Waals surface area (Å²) in [6, 6.07) is 9.13. The number of nitrogens with zero attached hydrogens (tertiary/aromatic N) is 1. The summed E-state index contributed by atoms with van der Waals surface area (Å²) in [6.07, 6.45) is 3.43. The van der Waals surface area contributed by atoms with Crippen LogP contribution in [0.15, 0.2) is 42.7 Å². The van der Waals surface area contributed by atoms with Crippen LogP contribution in [0.25, 0.3) is 0 Å². The molecule has 0 spiro atoms. The topological polar surface area (TPSA) is 62.2 Å². The van der Waals surface area contributed by atoms with E-state index in [1.807, 2.05) is 25.1 Å². The lowest BCUT2D eigenvalue weighted by Gasteiger charge is -2.10. The number of rotatable bonds is 4. The van der Waals surface area contributed by atoms with E-state index in [4.69, 9.17) is 5.11 Å². The molecule has 0 aliphatic carbocycles. The van der Waals surface area contributed by atoms with Crippen molar-refractivity contribution in [1.29, 1.82) is 0 Å². The van der Waals surface area contributed by atoms with Gasteiger partial charge in [0.25, 0.3) is 0 Å². The highest BCUT2D eigenvalue weighted by Crippen LogP contribution is 2.18. The molecule has 0 radical (unpaired) electrons. The van der Waals surface area contributed by atoms with Crippen molar-refractivity contribution in [1.82, 2.24) is 4.98 Å². The van der Waals surface area contributed by atoms with Gasteiger partial charge in [0, 0.05) is 24.6 Å². The van der Waals surface area contributed by atoms with Gasteiger partial charge < -0.3 is 10.4 Å². The number of aromatic nitrogens is 1. The average molecular weight is 242 g/mol. The van der Waals surface area contributed by atoms with Gasteiger partial charge in [-0.3, -0.25) is 4.98 Å². The molecule has 0 amide bonds. The Morgan fingerprint density at radius 2 is 2.00 bits per heavy atom. The summed E-state index contributed by atoms with van der Waals surface area (Å²) >= 11 is 0. The lowest BCUT2D eigenvalue weighted by molar-refractivity contribution is 0.0698. The van der Waals surface area contributed by atoms with Crippen molar-refractivity contribution in [3.05, 3.63) is 59.4 Å². The minimum absolute atomic E-state index is 0.295. The number of carboxylic acid groups (broad SMARTS) is 1. The van der Waals surface area contributed by atoms with Crippen LogP contribution in [0, 0.1) is 6.92 Å². The maximum Gasteiger partial charge on any atom is 0.337 e. The third-order valence-electron chi connectivity index (χ3n) is 2.64. The summed E-state index contributed by atoms with van der Waals surface area (Å²) in [7, 11) is 0. The average Bonchev–Trinajstić information content (AvgIpc) is 2.38. The van der Waals surface area contributed by atoms with E-state index in [0.29, 0.717) is 17.8 Å². The van der Waals surface area contributed by atoms with Crippen molar-refractivity contribution >= 4 is 11.7 Å². The zero-order valence-corrected chi connectivity index (χ0v) is 10.1. The van der Waals surface area contributed by atoms with Crippen LogP contribution in [0.1, 0.15) is 21.5 Å². The fourth-order valence-corrected chi connectivity index (χ4v) is 1.69. The molecule has 2 N–H and O–H groups in total. The van der Waals surface area contributed by atoms with Gasteiger partial charge in [-0.1, -0.05) is 11.6 Å². The van der Waals surface area contributed by atoms with Crippen LogP contribution in [-0.2, 0) is 6.54 Å². The second-order valence-electron chi connectivity index (χ2n) is 4.06. The third-order valence-corrected chi connectivity index (χ3v) is 2.64. The smallest absolute Gasteiger partial charge is 0.337 e. The minimum atomic E-state index is -0.920. The van der Waals surface area contributed by atoms with Gasteiger partial charge in [0.1, 0.15) is 0 Å². The standard InChI is InChI=1S/C14H14N2O2/c1-10-2-3-13(12(8-10)14(17)18)16-9-11-4-6-15-7-5-11/h2-8,16H,9H2,1H3,(H,17,18). The van der Waals surface area contributed by atoms with Gasteiger partial charge in [-0.2, -0.15) is 0 Å². The van der Waals surface area contributed by atoms with E-state index in [0.717, 1.165) is 11.1 Å². The number of anilines is 1. The number of nitrogens with one attached hydrogen (secondary N) is 1. The Labute approximate surface area is 105 Å². The first kappa shape index (κ1) is 12.1. The molecule has 0 atom stereocenters. The molecule has 1 aromatic heterocycles. The molecule has 0 aliphatic rings. The second kappa shape index (κ2) is 5.31. The van der Waals surface area contributed by atoms with E-state index in [-0.39, 0.29) is 0 Å². The lowest BCUT2D eigenvalue weighted by Crippen LogP contribution is -2.06. The van der Waals surface area contributed by atoms with Crippen LogP contribution >= 0.6 is 0 Å². The van der Waals surface area contributed by atoms with Crippen LogP contribution in [0.2, 0.25) is 0 Å². The van der Waals surface area contributed by atoms with Gasteiger partial charge in [0.05, 0.1) is 5.56 Å². The first-order valence-corrected chi connectivity index (χ1v) is 5.63. The number of aryl methyl sites for hydroxylation is 1. The molecule has 2 aromatic rings. The van der Waals surface area contributed by atoms with Crippen LogP contribution in [0.4, 0.5) is 5.69 Å². The van der Waals surface area contributed by atoms with Crippen molar-refractivity contribution in [2.75, 3.05) is 5.32 Å². The Morgan fingerprint density at radius 1 is 1.28 bits per heavy atom. The SMILES string of the molecule is Cc1ccc(NCc2ccncc2)c(C(=O)O)c1. The molecule has 2 rings (SSSR count). The fourth-order valence-electron chi connectivity index (χ4n) is 1.69. The molecular weight excluding hydrogens is 228 g/mol. The largest absolute Gasteiger partial charge is 0.478 e. The number of carbonyl (C=O) groups is 1. The molecule has 0 bridgehead atoms. The van der Waals surface area contributed by atoms with Crippen molar-refractivity contribution in [2.45, 2.75) is 13.5 Å². The van der Waals surface area contributed by atoms with Crippen LogP contribution in [-0.4, -0.2) is 16.1 Å². The second-order valence-corrected chi connectivity index (χ2v) is 4.06. The molecule has 0 aliphatic heterocycles. The number of hydrogen-bond donors (Lipinski definition) is 2. The highest BCUT2D eigenvalue weighted by Gasteiger charge is 2.09. The summed E-state index contributed by atoms with van der Waals surface area (Å²) in [5.74, 6) is -0.920. The maximum atomic E-state index is 11.1. The van der Waals surface area contributed by atoms with E-state index in [2.05, 4.69) is 10.3 Å². The summed E-state index contributed by atoms with van der Waals surface area (Å²) in [5, 5.41) is 12.3. The van der Waals surface area contributed by atoms with E-state index in [1.165, 1.54) is 0 Å². The molecule has 92 valence electrons. The summed E-state index contributed by atoms with van der Waals surface area (Å²) in [5.41, 5.74) is 2.91. The lowest BCUT2D eigenvalue weighted by atomic mass is 10.1. The Hall–Kier alpha value is -2.36. The summed E-state index contributed by atoms with van der Waals surface area (Å²) in [4.78, 5) is 15.1. The van der Waals surface area contributed by atoms with E-state index in [9.17, 15) is 4.79 Å². The number of benzene rings is 1. The van der Waals surface area contributed by atoms with Crippen molar-refractivity contribution in [3.63, 3.8) is 0 Å². The third kappa shape index (κ3) is 2.85. The first-order chi connectivity index (χ1) is 8.66. The van der Waals surface area contributed by atoms with Crippen LogP contribution in [0.5, 0.6) is 0 Å². The van der Waals surface area contributed by atoms with E-state index < -0.39 is 5.97 Å². The number of aromatic carboxylic acids is 1.